The number of nitrogens with one attached hydrogen (secondary N) is 1. The first kappa shape index (κ1) is 18.8. The van der Waals surface area contributed by atoms with Gasteiger partial charge in [-0.05, 0) is 57.5 Å². The van der Waals surface area contributed by atoms with Crippen LogP contribution in [0.25, 0.3) is 0 Å². The van der Waals surface area contributed by atoms with Gasteiger partial charge in [0.1, 0.15) is 11.3 Å². The average Bonchev–Trinajstić information content (AvgIpc) is 2.77. The summed E-state index contributed by atoms with van der Waals surface area (Å²) < 4.78 is 0.938. The third-order valence-electron chi connectivity index (χ3n) is 5.25. The Labute approximate surface area is 158 Å². The summed E-state index contributed by atoms with van der Waals surface area (Å²) in [5, 5.41) is 30.3. The first-order valence-corrected chi connectivity index (χ1v) is 9.24. The van der Waals surface area contributed by atoms with E-state index in [1.54, 1.807) is 0 Å². The van der Waals surface area contributed by atoms with Crippen LogP contribution in [0.4, 0.5) is 0 Å². The van der Waals surface area contributed by atoms with Crippen molar-refractivity contribution in [3.63, 3.8) is 0 Å². The van der Waals surface area contributed by atoms with Gasteiger partial charge in [-0.2, -0.15) is 9.84 Å². The van der Waals surface area contributed by atoms with E-state index in [2.05, 4.69) is 10.5 Å². The van der Waals surface area contributed by atoms with Crippen LogP contribution in [0.1, 0.15) is 51.5 Å². The summed E-state index contributed by atoms with van der Waals surface area (Å²) in [5.74, 6) is 0. The summed E-state index contributed by atoms with van der Waals surface area (Å²) in [6, 6.07) is 9.44. The Bertz CT molecular complexity index is 762. The van der Waals surface area contributed by atoms with Crippen molar-refractivity contribution in [2.45, 2.75) is 57.2 Å². The van der Waals surface area contributed by atoms with E-state index in [1.807, 2.05) is 44.2 Å². The molecule has 0 saturated heterocycles. The molecule has 1 spiro atoms. The van der Waals surface area contributed by atoms with Gasteiger partial charge in [-0.1, -0.05) is 24.6 Å². The summed E-state index contributed by atoms with van der Waals surface area (Å²) in [4.78, 5) is 0. The van der Waals surface area contributed by atoms with E-state index in [0.29, 0.717) is 24.3 Å². The second kappa shape index (κ2) is 6.94. The summed E-state index contributed by atoms with van der Waals surface area (Å²) in [5.41, 5.74) is 7.84. The highest BCUT2D eigenvalue weighted by Crippen LogP contribution is 2.41. The maximum atomic E-state index is 13.6. The van der Waals surface area contributed by atoms with Gasteiger partial charge in [-0.15, -0.1) is 5.06 Å². The number of thiocarbonyl (C=S) groups is 1. The highest BCUT2D eigenvalue weighted by Gasteiger charge is 2.64. The summed E-state index contributed by atoms with van der Waals surface area (Å²) in [6.45, 7) is 3.69. The van der Waals surface area contributed by atoms with Gasteiger partial charge >= 0.3 is 0 Å². The lowest BCUT2D eigenvalue weighted by atomic mass is 9.91. The fourth-order valence-corrected chi connectivity index (χ4v) is 4.09. The SMILES string of the molecule is CC1(C)C(c2ccccc2)=[N+]([O-])[C@@]2(CCCCC/C2=N/NC(N)=S)N1O. The number of nitrogens with two attached hydrogens (primary N) is 1. The molecule has 1 heterocycles. The molecule has 0 unspecified atom stereocenters. The quantitative estimate of drug-likeness (QED) is 0.317. The zero-order valence-corrected chi connectivity index (χ0v) is 15.9. The van der Waals surface area contributed by atoms with Crippen LogP contribution in [0.3, 0.4) is 0 Å². The summed E-state index contributed by atoms with van der Waals surface area (Å²) >= 11 is 4.85. The first-order chi connectivity index (χ1) is 12.3. The molecule has 1 fully saturated rings. The van der Waals surface area contributed by atoms with Crippen LogP contribution in [-0.2, 0) is 0 Å². The summed E-state index contributed by atoms with van der Waals surface area (Å²) in [7, 11) is 0. The summed E-state index contributed by atoms with van der Waals surface area (Å²) in [6.07, 6.45) is 3.74. The van der Waals surface area contributed by atoms with Crippen LogP contribution in [0.2, 0.25) is 0 Å². The van der Waals surface area contributed by atoms with Gasteiger partial charge < -0.3 is 16.1 Å². The lowest BCUT2D eigenvalue weighted by Crippen LogP contribution is -2.59. The largest absolute Gasteiger partial charge is 0.622 e. The Kier molecular flexibility index (Phi) is 5.01. The molecule has 0 bridgehead atoms. The Morgan fingerprint density at radius 1 is 1.31 bits per heavy atom. The van der Waals surface area contributed by atoms with Gasteiger partial charge in [0.05, 0.1) is 0 Å². The smallest absolute Gasteiger partial charge is 0.292 e. The van der Waals surface area contributed by atoms with Crippen LogP contribution in [0.15, 0.2) is 35.4 Å². The van der Waals surface area contributed by atoms with Crippen molar-refractivity contribution in [3.05, 3.63) is 41.1 Å². The van der Waals surface area contributed by atoms with Crippen LogP contribution < -0.4 is 11.2 Å². The fraction of sp³-hybridized carbons (Fsp3) is 0.500. The molecule has 1 aromatic carbocycles. The van der Waals surface area contributed by atoms with E-state index in [1.165, 1.54) is 5.06 Å². The zero-order chi connectivity index (χ0) is 18.9. The third-order valence-corrected chi connectivity index (χ3v) is 5.34. The van der Waals surface area contributed by atoms with E-state index in [0.717, 1.165) is 29.6 Å². The number of rotatable bonds is 2. The number of hydrazone groups is 1. The van der Waals surface area contributed by atoms with Crippen LogP contribution in [0.5, 0.6) is 0 Å². The molecular weight excluding hydrogens is 350 g/mol. The van der Waals surface area contributed by atoms with Gasteiger partial charge in [0.25, 0.3) is 5.66 Å². The maximum Gasteiger partial charge on any atom is 0.292 e. The molecule has 8 heteroatoms. The van der Waals surface area contributed by atoms with E-state index in [4.69, 9.17) is 18.0 Å². The monoisotopic (exact) mass is 375 g/mol. The Morgan fingerprint density at radius 3 is 2.65 bits per heavy atom. The molecule has 1 atom stereocenters. The Morgan fingerprint density at radius 2 is 2.00 bits per heavy atom. The molecule has 0 amide bonds. The second-order valence-electron chi connectivity index (χ2n) is 7.29. The minimum Gasteiger partial charge on any atom is -0.622 e. The number of hydroxylamine groups is 3. The number of hydrogen-bond donors (Lipinski definition) is 3. The number of benzene rings is 1. The molecule has 0 aromatic heterocycles. The van der Waals surface area contributed by atoms with Crippen molar-refractivity contribution >= 4 is 28.8 Å². The van der Waals surface area contributed by atoms with Crippen molar-refractivity contribution in [1.29, 1.82) is 0 Å². The lowest BCUT2D eigenvalue weighted by Gasteiger charge is -2.35. The van der Waals surface area contributed by atoms with E-state index in [9.17, 15) is 10.4 Å². The van der Waals surface area contributed by atoms with Crippen molar-refractivity contribution in [1.82, 2.24) is 10.5 Å². The third kappa shape index (κ3) is 2.87. The minimum absolute atomic E-state index is 0.0309. The molecule has 7 nitrogen and oxygen atoms in total. The number of nitrogens with zero attached hydrogens (tertiary/aromatic N) is 3. The molecule has 0 radical (unpaired) electrons. The molecule has 1 aliphatic carbocycles. The predicted molar refractivity (Wildman–Crippen MR) is 105 cm³/mol. The topological polar surface area (TPSA) is 100.0 Å². The highest BCUT2D eigenvalue weighted by molar-refractivity contribution is 7.80. The molecule has 2 aliphatic rings. The first-order valence-electron chi connectivity index (χ1n) is 8.83. The van der Waals surface area contributed by atoms with Crippen LogP contribution >= 0.6 is 12.2 Å². The van der Waals surface area contributed by atoms with Crippen LogP contribution in [-0.4, -0.2) is 42.7 Å². The van der Waals surface area contributed by atoms with Crippen molar-refractivity contribution in [2.24, 2.45) is 10.8 Å². The van der Waals surface area contributed by atoms with Crippen molar-refractivity contribution < 1.29 is 9.95 Å². The van der Waals surface area contributed by atoms with E-state index in [-0.39, 0.29) is 5.11 Å². The standard InChI is InChI=1S/C18H25N5O2S/c1-17(2)15(13-9-5-3-6-10-13)22(24)18(23(17)25)12-8-4-7-11-14(18)20-21-16(19)26/h3,5-6,9-10,25H,4,7-8,11-12H2,1-2H3,(H3,19,21,26)/b20-14-/t18-/m0/s1. The van der Waals surface area contributed by atoms with E-state index < -0.39 is 11.2 Å². The predicted octanol–water partition coefficient (Wildman–Crippen LogP) is 2.32. The molecule has 3 rings (SSSR count). The molecular formula is C18H25N5O2S. The maximum absolute atomic E-state index is 13.6. The second-order valence-corrected chi connectivity index (χ2v) is 7.73. The van der Waals surface area contributed by atoms with Crippen molar-refractivity contribution in [2.75, 3.05) is 0 Å². The molecule has 4 N–H and O–H groups in total. The van der Waals surface area contributed by atoms with Gasteiger partial charge in [0.15, 0.2) is 5.11 Å². The lowest BCUT2D eigenvalue weighted by molar-refractivity contribution is -0.567. The zero-order valence-electron chi connectivity index (χ0n) is 15.1. The highest BCUT2D eigenvalue weighted by atomic mass is 32.1. The fourth-order valence-electron chi connectivity index (χ4n) is 4.05. The van der Waals surface area contributed by atoms with Gasteiger partial charge in [0.2, 0.25) is 5.71 Å². The Balaban J connectivity index is 2.20. The van der Waals surface area contributed by atoms with Crippen molar-refractivity contribution in [3.8, 4) is 0 Å². The molecule has 1 aliphatic heterocycles. The van der Waals surface area contributed by atoms with Crippen LogP contribution in [0, 0.1) is 5.21 Å². The molecule has 1 aromatic rings. The molecule has 1 saturated carbocycles. The minimum atomic E-state index is -1.26. The normalized spacial score (nSPS) is 27.7. The average molecular weight is 375 g/mol. The van der Waals surface area contributed by atoms with E-state index >= 15 is 0 Å². The number of hydrogen-bond acceptors (Lipinski definition) is 5. The molecule has 140 valence electrons. The van der Waals surface area contributed by atoms with Gasteiger partial charge in [0, 0.05) is 12.0 Å². The Hall–Kier alpha value is -2.03. The van der Waals surface area contributed by atoms with Gasteiger partial charge in [-0.25, -0.2) is 0 Å². The molecule has 26 heavy (non-hydrogen) atoms. The van der Waals surface area contributed by atoms with Gasteiger partial charge in [-0.3, -0.25) is 5.43 Å².